The van der Waals surface area contributed by atoms with Crippen molar-refractivity contribution < 1.29 is 13.2 Å². The molecule has 7 heteroatoms. The topological polar surface area (TPSA) is 89.3 Å². The van der Waals surface area contributed by atoms with Gasteiger partial charge >= 0.3 is 0 Å². The van der Waals surface area contributed by atoms with Crippen LogP contribution in [0.4, 0.5) is 0 Å². The molecule has 1 rings (SSSR count). The smallest absolute Gasteiger partial charge is 0.252 e. The number of rotatable bonds is 5. The molecule has 0 aliphatic heterocycles. The molecular weight excluding hydrogens is 344 g/mol. The zero-order valence-electron chi connectivity index (χ0n) is 11.7. The van der Waals surface area contributed by atoms with Gasteiger partial charge in [0.25, 0.3) is 5.91 Å². The van der Waals surface area contributed by atoms with Crippen LogP contribution in [0.1, 0.15) is 37.6 Å². The average molecular weight is 363 g/mol. The van der Waals surface area contributed by atoms with E-state index < -0.39 is 10.0 Å². The number of benzene rings is 1. The minimum Gasteiger partial charge on any atom is -0.349 e. The number of halogens is 1. The van der Waals surface area contributed by atoms with Gasteiger partial charge in [-0.2, -0.15) is 0 Å². The van der Waals surface area contributed by atoms with E-state index in [2.05, 4.69) is 21.2 Å². The summed E-state index contributed by atoms with van der Waals surface area (Å²) in [5.41, 5.74) is 0.256. The Morgan fingerprint density at radius 3 is 2.50 bits per heavy atom. The summed E-state index contributed by atoms with van der Waals surface area (Å²) in [4.78, 5) is 12.1. The Bertz CT molecular complexity index is 602. The lowest BCUT2D eigenvalue weighted by Gasteiger charge is -2.20. The minimum atomic E-state index is -3.83. The first-order valence-corrected chi connectivity index (χ1v) is 8.64. The predicted octanol–water partition coefficient (Wildman–Crippen LogP) is 2.26. The van der Waals surface area contributed by atoms with Crippen molar-refractivity contribution in [3.05, 3.63) is 28.2 Å². The second-order valence-electron chi connectivity index (χ2n) is 4.83. The molecule has 0 aliphatic carbocycles. The van der Waals surface area contributed by atoms with Crippen molar-refractivity contribution in [1.82, 2.24) is 5.32 Å². The third kappa shape index (κ3) is 4.29. The molecule has 0 saturated carbocycles. The number of amides is 1. The Morgan fingerprint density at radius 2 is 2.00 bits per heavy atom. The van der Waals surface area contributed by atoms with E-state index in [0.717, 1.165) is 6.42 Å². The first-order chi connectivity index (χ1) is 9.16. The molecule has 0 bridgehead atoms. The SMILES string of the molecule is CCC(C)C(C)NC(=O)c1cc(S(N)(=O)=O)ccc1Br. The molecule has 0 saturated heterocycles. The predicted molar refractivity (Wildman–Crippen MR) is 81.9 cm³/mol. The number of hydrogen-bond acceptors (Lipinski definition) is 3. The van der Waals surface area contributed by atoms with Gasteiger partial charge in [0.15, 0.2) is 0 Å². The van der Waals surface area contributed by atoms with Gasteiger partial charge in [-0.15, -0.1) is 0 Å². The standard InChI is InChI=1S/C13H19BrN2O3S/c1-4-8(2)9(3)16-13(17)11-7-10(20(15,18)19)5-6-12(11)14/h5-9H,4H2,1-3H3,(H,16,17)(H2,15,18,19). The first-order valence-electron chi connectivity index (χ1n) is 6.30. The molecule has 0 aromatic heterocycles. The fourth-order valence-electron chi connectivity index (χ4n) is 1.64. The summed E-state index contributed by atoms with van der Waals surface area (Å²) in [5.74, 6) is 0.00863. The maximum atomic E-state index is 12.2. The molecule has 0 heterocycles. The fraction of sp³-hybridized carbons (Fsp3) is 0.462. The lowest BCUT2D eigenvalue weighted by Crippen LogP contribution is -2.37. The van der Waals surface area contributed by atoms with Crippen molar-refractivity contribution in [2.24, 2.45) is 11.1 Å². The van der Waals surface area contributed by atoms with Gasteiger partial charge < -0.3 is 5.32 Å². The van der Waals surface area contributed by atoms with E-state index in [1.54, 1.807) is 0 Å². The second kappa shape index (κ2) is 6.69. The summed E-state index contributed by atoms with van der Waals surface area (Å²) in [5, 5.41) is 7.93. The van der Waals surface area contributed by atoms with Crippen LogP contribution in [0.25, 0.3) is 0 Å². The molecule has 2 unspecified atom stereocenters. The number of carbonyl (C=O) groups excluding carboxylic acids is 1. The summed E-state index contributed by atoms with van der Waals surface area (Å²) in [7, 11) is -3.83. The minimum absolute atomic E-state index is 0.00228. The number of hydrogen-bond donors (Lipinski definition) is 2. The Morgan fingerprint density at radius 1 is 1.40 bits per heavy atom. The van der Waals surface area contributed by atoms with Gasteiger partial charge in [0.2, 0.25) is 10.0 Å². The molecule has 0 radical (unpaired) electrons. The van der Waals surface area contributed by atoms with Gasteiger partial charge in [-0.05, 0) is 47.0 Å². The van der Waals surface area contributed by atoms with Crippen molar-refractivity contribution in [2.45, 2.75) is 38.1 Å². The molecule has 1 amide bonds. The lowest BCUT2D eigenvalue weighted by atomic mass is 10.0. The summed E-state index contributed by atoms with van der Waals surface area (Å²) in [6.45, 7) is 6.01. The molecule has 5 nitrogen and oxygen atoms in total. The Kier molecular flexibility index (Phi) is 5.73. The molecule has 1 aromatic carbocycles. The lowest BCUT2D eigenvalue weighted by molar-refractivity contribution is 0.0927. The van der Waals surface area contributed by atoms with Crippen LogP contribution >= 0.6 is 15.9 Å². The highest BCUT2D eigenvalue weighted by molar-refractivity contribution is 9.10. The van der Waals surface area contributed by atoms with Crippen LogP contribution in [0.15, 0.2) is 27.6 Å². The van der Waals surface area contributed by atoms with Crippen LogP contribution in [-0.2, 0) is 10.0 Å². The summed E-state index contributed by atoms with van der Waals surface area (Å²) in [6, 6.07) is 4.13. The second-order valence-corrected chi connectivity index (χ2v) is 7.25. The number of nitrogens with one attached hydrogen (secondary N) is 1. The number of primary sulfonamides is 1. The van der Waals surface area contributed by atoms with Crippen LogP contribution in [-0.4, -0.2) is 20.4 Å². The van der Waals surface area contributed by atoms with Gasteiger partial charge in [-0.1, -0.05) is 20.3 Å². The van der Waals surface area contributed by atoms with Gasteiger partial charge in [0.05, 0.1) is 10.5 Å². The summed E-state index contributed by atoms with van der Waals surface area (Å²) in [6.07, 6.45) is 0.944. The first kappa shape index (κ1) is 17.1. The van der Waals surface area contributed by atoms with E-state index in [0.29, 0.717) is 10.4 Å². The Hall–Kier alpha value is -0.920. The molecule has 0 spiro atoms. The van der Waals surface area contributed by atoms with Gasteiger partial charge in [0, 0.05) is 10.5 Å². The van der Waals surface area contributed by atoms with Gasteiger partial charge in [-0.3, -0.25) is 4.79 Å². The van der Waals surface area contributed by atoms with Crippen molar-refractivity contribution in [3.8, 4) is 0 Å². The van der Waals surface area contributed by atoms with E-state index in [1.165, 1.54) is 18.2 Å². The monoisotopic (exact) mass is 362 g/mol. The highest BCUT2D eigenvalue weighted by Gasteiger charge is 2.18. The molecule has 20 heavy (non-hydrogen) atoms. The van der Waals surface area contributed by atoms with Crippen LogP contribution < -0.4 is 10.5 Å². The summed E-state index contributed by atoms with van der Waals surface area (Å²) < 4.78 is 23.2. The van der Waals surface area contributed by atoms with E-state index in [-0.39, 0.29) is 22.4 Å². The highest BCUT2D eigenvalue weighted by Crippen LogP contribution is 2.21. The Balaban J connectivity index is 3.04. The molecule has 0 aliphatic rings. The molecule has 2 atom stereocenters. The molecule has 0 fully saturated rings. The van der Waals surface area contributed by atoms with Gasteiger partial charge in [-0.25, -0.2) is 13.6 Å². The van der Waals surface area contributed by atoms with Crippen molar-refractivity contribution in [3.63, 3.8) is 0 Å². The zero-order valence-corrected chi connectivity index (χ0v) is 14.1. The molecule has 112 valence electrons. The normalized spacial score (nSPS) is 14.7. The highest BCUT2D eigenvalue weighted by atomic mass is 79.9. The number of nitrogens with two attached hydrogens (primary N) is 1. The Labute approximate surface area is 128 Å². The quantitative estimate of drug-likeness (QED) is 0.841. The van der Waals surface area contributed by atoms with Crippen LogP contribution in [0.5, 0.6) is 0 Å². The average Bonchev–Trinajstić information content (AvgIpc) is 2.36. The molecule has 1 aromatic rings. The number of sulfonamides is 1. The largest absolute Gasteiger partial charge is 0.349 e. The van der Waals surface area contributed by atoms with Crippen LogP contribution in [0, 0.1) is 5.92 Å². The van der Waals surface area contributed by atoms with Crippen LogP contribution in [0.3, 0.4) is 0 Å². The molecule has 3 N–H and O–H groups in total. The third-order valence-corrected chi connectivity index (χ3v) is 4.97. The number of carbonyl (C=O) groups is 1. The third-order valence-electron chi connectivity index (χ3n) is 3.37. The maximum Gasteiger partial charge on any atom is 0.252 e. The fourth-order valence-corrected chi connectivity index (χ4v) is 2.60. The zero-order chi connectivity index (χ0) is 15.5. The van der Waals surface area contributed by atoms with E-state index >= 15 is 0 Å². The van der Waals surface area contributed by atoms with Crippen molar-refractivity contribution in [1.29, 1.82) is 0 Å². The van der Waals surface area contributed by atoms with E-state index in [9.17, 15) is 13.2 Å². The maximum absolute atomic E-state index is 12.2. The van der Waals surface area contributed by atoms with Crippen LogP contribution in [0.2, 0.25) is 0 Å². The molecular formula is C13H19BrN2O3S. The summed E-state index contributed by atoms with van der Waals surface area (Å²) >= 11 is 3.25. The van der Waals surface area contributed by atoms with Crippen molar-refractivity contribution >= 4 is 31.9 Å². The van der Waals surface area contributed by atoms with Crippen molar-refractivity contribution in [2.75, 3.05) is 0 Å². The van der Waals surface area contributed by atoms with Gasteiger partial charge in [0.1, 0.15) is 0 Å². The van der Waals surface area contributed by atoms with E-state index in [1.807, 2.05) is 20.8 Å². The van der Waals surface area contributed by atoms with E-state index in [4.69, 9.17) is 5.14 Å².